The standard InChI is InChI=1S/C28H36N8O7/c1-34-10-9-16(26(34)40)13-42-28(41)35-11-7-15(8-12-35)3-2-4-18-32-23(29)19-24(33-18)36(14-30-19)27-21(38)20(37)22(43-27)25(39)31-17-5-6-17/h14-17,20-22,27,37-38H,3,5-13H2,1H3,(H,31,39)(H2,29,32,33). The number of anilines is 1. The molecule has 2 aromatic rings. The normalized spacial score (nSPS) is 27.8. The van der Waals surface area contributed by atoms with E-state index in [2.05, 4.69) is 32.1 Å². The number of amides is 3. The van der Waals surface area contributed by atoms with Crippen LogP contribution in [0.25, 0.3) is 11.2 Å². The summed E-state index contributed by atoms with van der Waals surface area (Å²) in [6.07, 6.45) is 0.374. The maximum atomic E-state index is 12.5. The molecule has 3 saturated heterocycles. The second kappa shape index (κ2) is 11.9. The van der Waals surface area contributed by atoms with Gasteiger partial charge in [-0.1, -0.05) is 5.92 Å². The molecule has 6 rings (SSSR count). The summed E-state index contributed by atoms with van der Waals surface area (Å²) in [7, 11) is 1.75. The zero-order valence-corrected chi connectivity index (χ0v) is 23.9. The largest absolute Gasteiger partial charge is 0.449 e. The number of carbonyl (C=O) groups is 3. The van der Waals surface area contributed by atoms with Gasteiger partial charge in [0.05, 0.1) is 12.2 Å². The molecule has 1 aliphatic carbocycles. The molecule has 5 N–H and O–H groups in total. The second-order valence-corrected chi connectivity index (χ2v) is 11.7. The summed E-state index contributed by atoms with van der Waals surface area (Å²) in [4.78, 5) is 53.3. The number of imidazole rings is 1. The first-order valence-electron chi connectivity index (χ1n) is 14.7. The first kappa shape index (κ1) is 29.1. The van der Waals surface area contributed by atoms with Crippen LogP contribution < -0.4 is 11.1 Å². The molecule has 15 heteroatoms. The molecule has 15 nitrogen and oxygen atoms in total. The van der Waals surface area contributed by atoms with E-state index in [0.29, 0.717) is 32.5 Å². The van der Waals surface area contributed by atoms with Crippen molar-refractivity contribution in [1.29, 1.82) is 0 Å². The molecular formula is C28H36N8O7. The van der Waals surface area contributed by atoms with Gasteiger partial charge in [0.15, 0.2) is 23.8 Å². The van der Waals surface area contributed by atoms with E-state index in [4.69, 9.17) is 15.2 Å². The van der Waals surface area contributed by atoms with Gasteiger partial charge in [-0.3, -0.25) is 14.2 Å². The topological polar surface area (TPSA) is 198 Å². The highest BCUT2D eigenvalue weighted by Gasteiger charge is 2.48. The Kier molecular flexibility index (Phi) is 8.08. The molecular weight excluding hydrogens is 560 g/mol. The summed E-state index contributed by atoms with van der Waals surface area (Å²) < 4.78 is 12.6. The van der Waals surface area contributed by atoms with Crippen molar-refractivity contribution < 1.29 is 34.1 Å². The Hall–Kier alpha value is -4.00. The number of fused-ring (bicyclic) bond motifs is 1. The van der Waals surface area contributed by atoms with Crippen molar-refractivity contribution in [3.05, 3.63) is 12.2 Å². The Morgan fingerprint density at radius 3 is 2.60 bits per heavy atom. The smallest absolute Gasteiger partial charge is 0.409 e. The van der Waals surface area contributed by atoms with E-state index in [-0.39, 0.29) is 59.3 Å². The average Bonchev–Trinajstić information content (AvgIpc) is 3.51. The van der Waals surface area contributed by atoms with Crippen LogP contribution in [0.15, 0.2) is 6.33 Å². The van der Waals surface area contributed by atoms with Crippen molar-refractivity contribution in [2.45, 2.75) is 69.1 Å². The molecule has 0 aromatic carbocycles. The third kappa shape index (κ3) is 6.08. The molecule has 4 aliphatic rings. The van der Waals surface area contributed by atoms with Crippen LogP contribution in [0.2, 0.25) is 0 Å². The number of hydrogen-bond acceptors (Lipinski definition) is 11. The number of aromatic nitrogens is 4. The summed E-state index contributed by atoms with van der Waals surface area (Å²) in [5.41, 5.74) is 6.66. The highest BCUT2D eigenvalue weighted by molar-refractivity contribution is 5.83. The van der Waals surface area contributed by atoms with Crippen LogP contribution >= 0.6 is 0 Å². The SMILES string of the molecule is CN1CCC(COC(=O)N2CCC(CC#Cc3nc(N)c4ncn(C5OC(C(=O)NC6CC6)C(O)C5O)c4n3)CC2)C1=O. The molecule has 5 heterocycles. The lowest BCUT2D eigenvalue weighted by atomic mass is 9.94. The number of nitrogen functional groups attached to an aromatic ring is 1. The van der Waals surface area contributed by atoms with E-state index in [1.807, 2.05) is 0 Å². The zero-order valence-electron chi connectivity index (χ0n) is 23.9. The predicted octanol–water partition coefficient (Wildman–Crippen LogP) is -0.625. The number of nitrogens with two attached hydrogens (primary N) is 1. The Morgan fingerprint density at radius 1 is 1.14 bits per heavy atom. The molecule has 3 aliphatic heterocycles. The molecule has 0 spiro atoms. The van der Waals surface area contributed by atoms with Crippen molar-refractivity contribution in [3.8, 4) is 11.8 Å². The average molecular weight is 597 g/mol. The fourth-order valence-electron chi connectivity index (χ4n) is 5.70. The van der Waals surface area contributed by atoms with Crippen molar-refractivity contribution in [3.63, 3.8) is 0 Å². The number of piperidine rings is 1. The third-order valence-electron chi connectivity index (χ3n) is 8.55. The van der Waals surface area contributed by atoms with Crippen molar-refractivity contribution >= 4 is 34.9 Å². The van der Waals surface area contributed by atoms with E-state index in [9.17, 15) is 24.6 Å². The van der Waals surface area contributed by atoms with Gasteiger partial charge in [-0.2, -0.15) is 0 Å². The van der Waals surface area contributed by atoms with Gasteiger partial charge in [0.25, 0.3) is 5.91 Å². The molecule has 5 atom stereocenters. The number of aliphatic hydroxyl groups is 2. The van der Waals surface area contributed by atoms with E-state index in [1.54, 1.807) is 16.8 Å². The summed E-state index contributed by atoms with van der Waals surface area (Å²) in [5.74, 6) is 5.88. The van der Waals surface area contributed by atoms with Crippen LogP contribution in [0.3, 0.4) is 0 Å². The molecule has 1 saturated carbocycles. The molecule has 230 valence electrons. The summed E-state index contributed by atoms with van der Waals surface area (Å²) in [6, 6.07) is 0.0772. The second-order valence-electron chi connectivity index (χ2n) is 11.7. The van der Waals surface area contributed by atoms with E-state index >= 15 is 0 Å². The van der Waals surface area contributed by atoms with Crippen LogP contribution in [0.4, 0.5) is 10.6 Å². The lowest BCUT2D eigenvalue weighted by Crippen LogP contribution is -2.43. The van der Waals surface area contributed by atoms with Gasteiger partial charge >= 0.3 is 6.09 Å². The Bertz CT molecular complexity index is 1460. The Balaban J connectivity index is 1.04. The predicted molar refractivity (Wildman–Crippen MR) is 150 cm³/mol. The quantitative estimate of drug-likeness (QED) is 0.310. The highest BCUT2D eigenvalue weighted by atomic mass is 16.6. The lowest BCUT2D eigenvalue weighted by Gasteiger charge is -2.30. The van der Waals surface area contributed by atoms with Gasteiger partial charge in [0.1, 0.15) is 24.3 Å². The van der Waals surface area contributed by atoms with Gasteiger partial charge in [0.2, 0.25) is 11.7 Å². The van der Waals surface area contributed by atoms with Gasteiger partial charge in [-0.05, 0) is 43.9 Å². The monoisotopic (exact) mass is 596 g/mol. The molecule has 0 radical (unpaired) electrons. The number of ether oxygens (including phenoxy) is 2. The Labute approximate surface area is 247 Å². The minimum atomic E-state index is -1.42. The molecule has 3 amide bonds. The van der Waals surface area contributed by atoms with Crippen molar-refractivity contribution in [2.24, 2.45) is 11.8 Å². The molecule has 2 aromatic heterocycles. The van der Waals surface area contributed by atoms with Crippen molar-refractivity contribution in [2.75, 3.05) is 39.0 Å². The number of rotatable bonds is 6. The van der Waals surface area contributed by atoms with Gasteiger partial charge in [0, 0.05) is 39.1 Å². The first-order chi connectivity index (χ1) is 20.7. The van der Waals surface area contributed by atoms with Crippen molar-refractivity contribution in [1.82, 2.24) is 34.6 Å². The summed E-state index contributed by atoms with van der Waals surface area (Å²) in [5, 5.41) is 24.0. The maximum absolute atomic E-state index is 12.5. The number of nitrogens with one attached hydrogen (secondary N) is 1. The number of aliphatic hydroxyl groups excluding tert-OH is 2. The number of nitrogens with zero attached hydrogens (tertiary/aromatic N) is 6. The minimum absolute atomic E-state index is 0.0181. The first-order valence-corrected chi connectivity index (χ1v) is 14.7. The summed E-state index contributed by atoms with van der Waals surface area (Å²) in [6.45, 7) is 1.90. The van der Waals surface area contributed by atoms with Crippen LogP contribution in [-0.4, -0.2) is 115 Å². The number of hydrogen-bond donors (Lipinski definition) is 4. The Morgan fingerprint density at radius 2 is 1.91 bits per heavy atom. The molecule has 4 fully saturated rings. The fraction of sp³-hybridized carbons (Fsp3) is 0.643. The lowest BCUT2D eigenvalue weighted by molar-refractivity contribution is -0.137. The van der Waals surface area contributed by atoms with Crippen LogP contribution in [0.1, 0.15) is 50.6 Å². The van der Waals surface area contributed by atoms with Crippen LogP contribution in [0, 0.1) is 23.7 Å². The van der Waals surface area contributed by atoms with E-state index < -0.39 is 30.4 Å². The minimum Gasteiger partial charge on any atom is -0.449 e. The van der Waals surface area contributed by atoms with E-state index in [0.717, 1.165) is 25.7 Å². The van der Waals surface area contributed by atoms with Crippen LogP contribution in [-0.2, 0) is 19.1 Å². The van der Waals surface area contributed by atoms with Gasteiger partial charge in [-0.25, -0.2) is 19.7 Å². The van der Waals surface area contributed by atoms with E-state index in [1.165, 1.54) is 10.9 Å². The molecule has 5 unspecified atom stereocenters. The highest BCUT2D eigenvalue weighted by Crippen LogP contribution is 2.33. The molecule has 0 bridgehead atoms. The summed E-state index contributed by atoms with van der Waals surface area (Å²) >= 11 is 0. The fourth-order valence-corrected chi connectivity index (χ4v) is 5.70. The maximum Gasteiger partial charge on any atom is 0.409 e. The number of carbonyl (C=O) groups excluding carboxylic acids is 3. The van der Waals surface area contributed by atoms with Crippen LogP contribution in [0.5, 0.6) is 0 Å². The zero-order chi connectivity index (χ0) is 30.2. The third-order valence-corrected chi connectivity index (χ3v) is 8.55. The molecule has 43 heavy (non-hydrogen) atoms. The van der Waals surface area contributed by atoms with Gasteiger partial charge in [-0.15, -0.1) is 0 Å². The number of likely N-dealkylation sites (tertiary alicyclic amines) is 2. The van der Waals surface area contributed by atoms with Gasteiger partial charge < -0.3 is 40.5 Å².